The molecule has 1 unspecified atom stereocenters. The molecule has 0 amide bonds. The van der Waals surface area contributed by atoms with E-state index in [1.165, 1.54) is 6.07 Å². The van der Waals surface area contributed by atoms with Crippen LogP contribution in [-0.4, -0.2) is 36.8 Å². The molecule has 0 bridgehead atoms. The van der Waals surface area contributed by atoms with Crippen LogP contribution in [0.3, 0.4) is 0 Å². The van der Waals surface area contributed by atoms with E-state index in [4.69, 9.17) is 10.5 Å². The van der Waals surface area contributed by atoms with E-state index in [0.717, 1.165) is 6.42 Å². The number of anilines is 2. The molecule has 1 atom stereocenters. The van der Waals surface area contributed by atoms with Crippen molar-refractivity contribution in [3.63, 3.8) is 0 Å². The summed E-state index contributed by atoms with van der Waals surface area (Å²) in [6, 6.07) is 1.37. The number of hydrogen-bond donors (Lipinski definition) is 1. The van der Waals surface area contributed by atoms with Crippen molar-refractivity contribution in [1.82, 2.24) is 9.97 Å². The lowest BCUT2D eigenvalue weighted by atomic mass is 10.1. The normalized spacial score (nSPS) is 20.0. The van der Waals surface area contributed by atoms with Crippen molar-refractivity contribution < 1.29 is 17.9 Å². The van der Waals surface area contributed by atoms with Gasteiger partial charge in [-0.2, -0.15) is 13.2 Å². The largest absolute Gasteiger partial charge is 0.451 e. The summed E-state index contributed by atoms with van der Waals surface area (Å²) in [7, 11) is 1.60. The highest BCUT2D eigenvalue weighted by Crippen LogP contribution is 2.30. The fraction of sp³-hybridized carbons (Fsp3) is 0.636. The number of nitrogens with zero attached hydrogens (tertiary/aromatic N) is 3. The highest BCUT2D eigenvalue weighted by Gasteiger charge is 2.36. The van der Waals surface area contributed by atoms with Gasteiger partial charge in [0.05, 0.1) is 6.61 Å². The minimum atomic E-state index is -4.59. The average molecular weight is 276 g/mol. The summed E-state index contributed by atoms with van der Waals surface area (Å²) in [5.41, 5.74) is 5.41. The highest BCUT2D eigenvalue weighted by molar-refractivity contribution is 5.48. The first-order valence-electron chi connectivity index (χ1n) is 5.86. The molecule has 5 nitrogen and oxygen atoms in total. The molecule has 0 aromatic carbocycles. The number of hydrogen-bond acceptors (Lipinski definition) is 5. The van der Waals surface area contributed by atoms with E-state index in [1.807, 2.05) is 0 Å². The molecule has 1 saturated heterocycles. The van der Waals surface area contributed by atoms with E-state index in [9.17, 15) is 13.2 Å². The topological polar surface area (TPSA) is 64.3 Å². The predicted octanol–water partition coefficient (Wildman–Crippen LogP) is 1.55. The standard InChI is InChI=1S/C11H15F3N4O/c1-19-6-7-2-3-18(5-7)9-4-8(15)16-10(17-9)11(12,13)14/h4,7H,2-3,5-6H2,1H3,(H2,15,16,17). The minimum Gasteiger partial charge on any atom is -0.384 e. The lowest BCUT2D eigenvalue weighted by Crippen LogP contribution is -2.24. The molecule has 1 aliphatic rings. The van der Waals surface area contributed by atoms with E-state index in [1.54, 1.807) is 12.0 Å². The number of alkyl halides is 3. The van der Waals surface area contributed by atoms with Gasteiger partial charge in [0.2, 0.25) is 5.82 Å². The van der Waals surface area contributed by atoms with Crippen LogP contribution in [0.25, 0.3) is 0 Å². The summed E-state index contributed by atoms with van der Waals surface area (Å²) in [4.78, 5) is 8.55. The third-order valence-corrected chi connectivity index (χ3v) is 3.00. The summed E-state index contributed by atoms with van der Waals surface area (Å²) in [6.45, 7) is 1.84. The van der Waals surface area contributed by atoms with Crippen LogP contribution in [0.2, 0.25) is 0 Å². The zero-order valence-corrected chi connectivity index (χ0v) is 10.4. The van der Waals surface area contributed by atoms with Gasteiger partial charge in [0.15, 0.2) is 0 Å². The van der Waals surface area contributed by atoms with Crippen LogP contribution >= 0.6 is 0 Å². The van der Waals surface area contributed by atoms with E-state index in [2.05, 4.69) is 9.97 Å². The number of ether oxygens (including phenoxy) is 1. The van der Waals surface area contributed by atoms with Crippen molar-refractivity contribution in [3.05, 3.63) is 11.9 Å². The molecule has 0 spiro atoms. The average Bonchev–Trinajstić information content (AvgIpc) is 2.76. The number of nitrogens with two attached hydrogens (primary N) is 1. The zero-order valence-electron chi connectivity index (χ0n) is 10.4. The summed E-state index contributed by atoms with van der Waals surface area (Å²) in [6.07, 6.45) is -3.73. The van der Waals surface area contributed by atoms with Gasteiger partial charge < -0.3 is 15.4 Å². The maximum atomic E-state index is 12.6. The first-order chi connectivity index (χ1) is 8.90. The van der Waals surface area contributed by atoms with Crippen molar-refractivity contribution in [3.8, 4) is 0 Å². The van der Waals surface area contributed by atoms with Crippen LogP contribution in [0.5, 0.6) is 0 Å². The van der Waals surface area contributed by atoms with Crippen LogP contribution in [0.15, 0.2) is 6.07 Å². The zero-order chi connectivity index (χ0) is 14.0. The molecule has 2 rings (SSSR count). The summed E-state index contributed by atoms with van der Waals surface area (Å²) >= 11 is 0. The number of aromatic nitrogens is 2. The van der Waals surface area contributed by atoms with Gasteiger partial charge in [-0.05, 0) is 6.42 Å². The smallest absolute Gasteiger partial charge is 0.384 e. The Labute approximate surface area is 108 Å². The van der Waals surface area contributed by atoms with Gasteiger partial charge in [-0.1, -0.05) is 0 Å². The van der Waals surface area contributed by atoms with Crippen LogP contribution in [0, 0.1) is 5.92 Å². The van der Waals surface area contributed by atoms with Crippen LogP contribution in [0.4, 0.5) is 24.8 Å². The Hall–Kier alpha value is -1.57. The third-order valence-electron chi connectivity index (χ3n) is 3.00. The van der Waals surface area contributed by atoms with Crippen molar-refractivity contribution in [2.45, 2.75) is 12.6 Å². The Morgan fingerprint density at radius 2 is 2.21 bits per heavy atom. The molecule has 1 aromatic rings. The predicted molar refractivity (Wildman–Crippen MR) is 63.6 cm³/mol. The lowest BCUT2D eigenvalue weighted by molar-refractivity contribution is -0.144. The van der Waals surface area contributed by atoms with Crippen LogP contribution in [0.1, 0.15) is 12.2 Å². The quantitative estimate of drug-likeness (QED) is 0.907. The Morgan fingerprint density at radius 3 is 2.84 bits per heavy atom. The Kier molecular flexibility index (Phi) is 3.79. The van der Waals surface area contributed by atoms with Gasteiger partial charge in [-0.15, -0.1) is 0 Å². The van der Waals surface area contributed by atoms with Gasteiger partial charge in [0.25, 0.3) is 0 Å². The second-order valence-electron chi connectivity index (χ2n) is 4.53. The first kappa shape index (κ1) is 13.9. The fourth-order valence-corrected chi connectivity index (χ4v) is 2.15. The molecular formula is C11H15F3N4O. The molecule has 0 saturated carbocycles. The second kappa shape index (κ2) is 5.20. The maximum Gasteiger partial charge on any atom is 0.451 e. The van der Waals surface area contributed by atoms with Crippen LogP contribution in [-0.2, 0) is 10.9 Å². The van der Waals surface area contributed by atoms with Crippen molar-refractivity contribution in [2.24, 2.45) is 5.92 Å². The second-order valence-corrected chi connectivity index (χ2v) is 4.53. The molecule has 2 heterocycles. The Morgan fingerprint density at radius 1 is 1.47 bits per heavy atom. The summed E-state index contributed by atoms with van der Waals surface area (Å²) < 4.78 is 42.9. The van der Waals surface area contributed by atoms with Gasteiger partial charge in [-0.3, -0.25) is 0 Å². The van der Waals surface area contributed by atoms with E-state index in [-0.39, 0.29) is 11.6 Å². The van der Waals surface area contributed by atoms with E-state index >= 15 is 0 Å². The molecule has 0 aliphatic carbocycles. The van der Waals surface area contributed by atoms with Gasteiger partial charge in [0.1, 0.15) is 11.6 Å². The van der Waals surface area contributed by atoms with Crippen molar-refractivity contribution in [1.29, 1.82) is 0 Å². The molecule has 1 aromatic heterocycles. The molecule has 2 N–H and O–H groups in total. The summed E-state index contributed by atoms with van der Waals surface area (Å²) in [5, 5.41) is 0. The number of methoxy groups -OCH3 is 1. The maximum absolute atomic E-state index is 12.6. The van der Waals surface area contributed by atoms with Crippen LogP contribution < -0.4 is 10.6 Å². The van der Waals surface area contributed by atoms with Gasteiger partial charge >= 0.3 is 6.18 Å². The fourth-order valence-electron chi connectivity index (χ4n) is 2.15. The van der Waals surface area contributed by atoms with Crippen molar-refractivity contribution in [2.75, 3.05) is 37.4 Å². The van der Waals surface area contributed by atoms with Crippen molar-refractivity contribution >= 4 is 11.6 Å². The van der Waals surface area contributed by atoms with Gasteiger partial charge in [-0.25, -0.2) is 9.97 Å². The molecule has 19 heavy (non-hydrogen) atoms. The molecule has 106 valence electrons. The molecular weight excluding hydrogens is 261 g/mol. The minimum absolute atomic E-state index is 0.174. The number of rotatable bonds is 3. The highest BCUT2D eigenvalue weighted by atomic mass is 19.4. The molecule has 1 fully saturated rings. The Bertz CT molecular complexity index is 452. The first-order valence-corrected chi connectivity index (χ1v) is 5.86. The number of halogens is 3. The molecule has 0 radical (unpaired) electrons. The van der Waals surface area contributed by atoms with E-state index < -0.39 is 12.0 Å². The van der Waals surface area contributed by atoms with Gasteiger partial charge in [0, 0.05) is 32.2 Å². The summed E-state index contributed by atoms with van der Waals surface area (Å²) in [5.74, 6) is -0.848. The number of nitrogen functional groups attached to an aromatic ring is 1. The lowest BCUT2D eigenvalue weighted by Gasteiger charge is -2.18. The third kappa shape index (κ3) is 3.25. The monoisotopic (exact) mass is 276 g/mol. The Balaban J connectivity index is 2.19. The van der Waals surface area contributed by atoms with E-state index in [0.29, 0.717) is 25.6 Å². The molecule has 8 heteroatoms. The SMILES string of the molecule is COCC1CCN(c2cc(N)nc(C(F)(F)F)n2)C1. The molecule has 1 aliphatic heterocycles.